The van der Waals surface area contributed by atoms with Crippen LogP contribution in [0.25, 0.3) is 22.4 Å². The molecule has 1 heterocycles. The summed E-state index contributed by atoms with van der Waals surface area (Å²) >= 11 is 0. The number of aromatic nitrogens is 2. The number of nitrogens with one attached hydrogen (secondary N) is 1. The average molecular weight is 282 g/mol. The molecule has 0 saturated heterocycles. The van der Waals surface area contributed by atoms with Gasteiger partial charge in [-0.3, -0.25) is 0 Å². The van der Waals surface area contributed by atoms with Gasteiger partial charge in [0.25, 0.3) is 0 Å². The van der Waals surface area contributed by atoms with Crippen LogP contribution in [0.2, 0.25) is 0 Å². The van der Waals surface area contributed by atoms with Crippen molar-refractivity contribution >= 4 is 11.0 Å². The van der Waals surface area contributed by atoms with Crippen molar-refractivity contribution in [1.82, 2.24) is 9.97 Å². The molecule has 0 atom stereocenters. The highest BCUT2D eigenvalue weighted by Gasteiger charge is 2.13. The highest BCUT2D eigenvalue weighted by molar-refractivity contribution is 5.84. The molecule has 0 aliphatic rings. The van der Waals surface area contributed by atoms with Crippen LogP contribution < -0.4 is 9.47 Å². The van der Waals surface area contributed by atoms with Gasteiger partial charge in [0.15, 0.2) is 11.5 Å². The summed E-state index contributed by atoms with van der Waals surface area (Å²) in [6.45, 7) is 4.19. The summed E-state index contributed by atoms with van der Waals surface area (Å²) in [5, 5.41) is 0. The van der Waals surface area contributed by atoms with E-state index in [1.807, 2.05) is 12.1 Å². The number of aryl methyl sites for hydroxylation is 2. The van der Waals surface area contributed by atoms with Gasteiger partial charge in [-0.2, -0.15) is 0 Å². The number of rotatable bonds is 3. The third-order valence-electron chi connectivity index (χ3n) is 3.71. The average Bonchev–Trinajstić information content (AvgIpc) is 2.87. The predicted octanol–water partition coefficient (Wildman–Crippen LogP) is 3.86. The van der Waals surface area contributed by atoms with Crippen LogP contribution >= 0.6 is 0 Å². The number of imidazole rings is 1. The Morgan fingerprint density at radius 2 is 1.57 bits per heavy atom. The lowest BCUT2D eigenvalue weighted by molar-refractivity contribution is 0.356. The van der Waals surface area contributed by atoms with Crippen molar-refractivity contribution in [2.75, 3.05) is 14.2 Å². The van der Waals surface area contributed by atoms with E-state index >= 15 is 0 Å². The van der Waals surface area contributed by atoms with E-state index in [1.54, 1.807) is 14.2 Å². The fourth-order valence-corrected chi connectivity index (χ4v) is 2.64. The van der Waals surface area contributed by atoms with Gasteiger partial charge in [-0.1, -0.05) is 18.2 Å². The molecule has 1 aromatic heterocycles. The van der Waals surface area contributed by atoms with Gasteiger partial charge in [0.1, 0.15) is 5.82 Å². The van der Waals surface area contributed by atoms with Gasteiger partial charge >= 0.3 is 0 Å². The summed E-state index contributed by atoms with van der Waals surface area (Å²) in [5.41, 5.74) is 5.35. The number of hydrogen-bond donors (Lipinski definition) is 1. The number of H-pyrrole nitrogens is 1. The Labute approximate surface area is 123 Å². The Morgan fingerprint density at radius 3 is 2.19 bits per heavy atom. The minimum absolute atomic E-state index is 0.685. The Hall–Kier alpha value is -2.49. The van der Waals surface area contributed by atoms with Crippen LogP contribution in [0, 0.1) is 13.8 Å². The van der Waals surface area contributed by atoms with Gasteiger partial charge in [0.2, 0.25) is 0 Å². The largest absolute Gasteiger partial charge is 0.493 e. The van der Waals surface area contributed by atoms with E-state index in [9.17, 15) is 0 Å². The summed E-state index contributed by atoms with van der Waals surface area (Å²) in [5.74, 6) is 2.25. The Kier molecular flexibility index (Phi) is 3.29. The number of nitrogens with zero attached hydrogens (tertiary/aromatic N) is 1. The maximum absolute atomic E-state index is 5.33. The molecule has 4 nitrogen and oxygen atoms in total. The lowest BCUT2D eigenvalue weighted by atomic mass is 10.0. The highest BCUT2D eigenvalue weighted by atomic mass is 16.5. The predicted molar refractivity (Wildman–Crippen MR) is 84.1 cm³/mol. The first-order valence-electron chi connectivity index (χ1n) is 6.82. The summed E-state index contributed by atoms with van der Waals surface area (Å²) < 4.78 is 10.7. The van der Waals surface area contributed by atoms with E-state index < -0.39 is 0 Å². The first-order valence-corrected chi connectivity index (χ1v) is 6.82. The first kappa shape index (κ1) is 13.5. The summed E-state index contributed by atoms with van der Waals surface area (Å²) in [6, 6.07) is 10.1. The lowest BCUT2D eigenvalue weighted by Crippen LogP contribution is -1.89. The maximum Gasteiger partial charge on any atom is 0.163 e. The van der Waals surface area contributed by atoms with E-state index in [-0.39, 0.29) is 0 Å². The summed E-state index contributed by atoms with van der Waals surface area (Å²) in [4.78, 5) is 8.07. The van der Waals surface area contributed by atoms with Crippen molar-refractivity contribution < 1.29 is 9.47 Å². The van der Waals surface area contributed by atoms with E-state index in [0.717, 1.165) is 22.4 Å². The number of aromatic amines is 1. The van der Waals surface area contributed by atoms with Crippen molar-refractivity contribution in [2.24, 2.45) is 0 Å². The topological polar surface area (TPSA) is 47.1 Å². The smallest absolute Gasteiger partial charge is 0.163 e. The molecule has 0 bridgehead atoms. The van der Waals surface area contributed by atoms with Crippen molar-refractivity contribution in [2.45, 2.75) is 13.8 Å². The molecule has 0 radical (unpaired) electrons. The van der Waals surface area contributed by atoms with Gasteiger partial charge in [-0.15, -0.1) is 0 Å². The highest BCUT2D eigenvalue weighted by Crippen LogP contribution is 2.33. The number of fused-ring (bicyclic) bond motifs is 1. The number of benzene rings is 2. The molecule has 0 spiro atoms. The fourth-order valence-electron chi connectivity index (χ4n) is 2.64. The van der Waals surface area contributed by atoms with Crippen molar-refractivity contribution in [3.8, 4) is 22.9 Å². The fraction of sp³-hybridized carbons (Fsp3) is 0.235. The SMILES string of the molecule is COc1cc2nc(-c3c(C)cccc3C)[nH]c2cc1OC. The van der Waals surface area contributed by atoms with Gasteiger partial charge < -0.3 is 14.5 Å². The molecule has 0 amide bonds. The molecule has 21 heavy (non-hydrogen) atoms. The van der Waals surface area contributed by atoms with Crippen LogP contribution in [0.4, 0.5) is 0 Å². The monoisotopic (exact) mass is 282 g/mol. The molecule has 0 fully saturated rings. The van der Waals surface area contributed by atoms with Crippen LogP contribution in [-0.2, 0) is 0 Å². The minimum Gasteiger partial charge on any atom is -0.493 e. The molecule has 0 saturated carbocycles. The standard InChI is InChI=1S/C17H18N2O2/c1-10-6-5-7-11(2)16(10)17-18-12-8-14(20-3)15(21-4)9-13(12)19-17/h5-9H,1-4H3,(H,18,19). The number of methoxy groups -OCH3 is 2. The minimum atomic E-state index is 0.685. The van der Waals surface area contributed by atoms with Crippen LogP contribution in [0.5, 0.6) is 11.5 Å². The number of ether oxygens (including phenoxy) is 2. The third kappa shape index (κ3) is 2.23. The van der Waals surface area contributed by atoms with E-state index in [0.29, 0.717) is 11.5 Å². The molecule has 1 N–H and O–H groups in total. The Balaban J connectivity index is 2.22. The molecule has 108 valence electrons. The molecule has 3 aromatic rings. The van der Waals surface area contributed by atoms with E-state index in [2.05, 4.69) is 37.0 Å². The zero-order valence-electron chi connectivity index (χ0n) is 12.7. The zero-order chi connectivity index (χ0) is 15.0. The lowest BCUT2D eigenvalue weighted by Gasteiger charge is -2.06. The maximum atomic E-state index is 5.33. The van der Waals surface area contributed by atoms with Crippen molar-refractivity contribution in [1.29, 1.82) is 0 Å². The van der Waals surface area contributed by atoms with Crippen molar-refractivity contribution in [3.05, 3.63) is 41.5 Å². The Bertz CT molecular complexity index is 745. The normalized spacial score (nSPS) is 10.9. The molecule has 2 aromatic carbocycles. The van der Waals surface area contributed by atoms with Crippen LogP contribution in [0.3, 0.4) is 0 Å². The van der Waals surface area contributed by atoms with Gasteiger partial charge in [0, 0.05) is 17.7 Å². The van der Waals surface area contributed by atoms with Crippen LogP contribution in [-0.4, -0.2) is 24.2 Å². The van der Waals surface area contributed by atoms with Gasteiger partial charge in [0.05, 0.1) is 25.3 Å². The number of hydrogen-bond acceptors (Lipinski definition) is 3. The molecule has 0 aliphatic heterocycles. The molecule has 0 aliphatic carbocycles. The molecule has 0 unspecified atom stereocenters. The second kappa shape index (κ2) is 5.13. The summed E-state index contributed by atoms with van der Waals surface area (Å²) in [7, 11) is 3.26. The summed E-state index contributed by atoms with van der Waals surface area (Å²) in [6.07, 6.45) is 0. The molecular weight excluding hydrogens is 264 g/mol. The second-order valence-electron chi connectivity index (χ2n) is 5.08. The van der Waals surface area contributed by atoms with Gasteiger partial charge in [-0.05, 0) is 25.0 Å². The molecule has 3 rings (SSSR count). The Morgan fingerprint density at radius 1 is 0.952 bits per heavy atom. The zero-order valence-corrected chi connectivity index (χ0v) is 12.7. The van der Waals surface area contributed by atoms with Crippen LogP contribution in [0.15, 0.2) is 30.3 Å². The van der Waals surface area contributed by atoms with Crippen molar-refractivity contribution in [3.63, 3.8) is 0 Å². The molecule has 4 heteroatoms. The van der Waals surface area contributed by atoms with Gasteiger partial charge in [-0.25, -0.2) is 4.98 Å². The quantitative estimate of drug-likeness (QED) is 0.793. The first-order chi connectivity index (χ1) is 10.1. The second-order valence-corrected chi connectivity index (χ2v) is 5.08. The van der Waals surface area contributed by atoms with Crippen LogP contribution in [0.1, 0.15) is 11.1 Å². The molecular formula is C17H18N2O2. The van der Waals surface area contributed by atoms with E-state index in [4.69, 9.17) is 14.5 Å². The third-order valence-corrected chi connectivity index (χ3v) is 3.71. The van der Waals surface area contributed by atoms with E-state index in [1.165, 1.54) is 11.1 Å².